The van der Waals surface area contributed by atoms with E-state index >= 15 is 0 Å². The monoisotopic (exact) mass is 279 g/mol. The molecule has 19 heavy (non-hydrogen) atoms. The second-order valence-corrected chi connectivity index (χ2v) is 6.50. The minimum Gasteiger partial charge on any atom is -0.330 e. The van der Waals surface area contributed by atoms with Gasteiger partial charge in [0, 0.05) is 6.04 Å². The molecule has 0 saturated heterocycles. The average Bonchev–Trinajstić information content (AvgIpc) is 2.85. The van der Waals surface area contributed by atoms with Gasteiger partial charge in [0.05, 0.1) is 16.5 Å². The summed E-state index contributed by atoms with van der Waals surface area (Å²) in [6.07, 6.45) is 2.80. The van der Waals surface area contributed by atoms with Crippen molar-refractivity contribution in [2.75, 3.05) is 6.54 Å². The van der Waals surface area contributed by atoms with Crippen LogP contribution in [-0.4, -0.2) is 21.0 Å². The first-order valence-corrected chi connectivity index (χ1v) is 7.77. The van der Waals surface area contributed by atoms with E-state index in [1.807, 2.05) is 6.07 Å². The van der Waals surface area contributed by atoms with Crippen LogP contribution in [0.5, 0.6) is 0 Å². The van der Waals surface area contributed by atoms with Crippen molar-refractivity contribution in [2.24, 2.45) is 11.7 Å². The molecule has 0 bridgehead atoms. The molecule has 1 aromatic carbocycles. The molecule has 6 heteroatoms. The SMILES string of the molecule is N#Cc1ccc(S(=O)(=O)NC2CCCC2CN)cc1. The van der Waals surface area contributed by atoms with Crippen LogP contribution in [0.3, 0.4) is 0 Å². The molecule has 1 saturated carbocycles. The molecular formula is C13H17N3O2S. The maximum absolute atomic E-state index is 12.2. The smallest absolute Gasteiger partial charge is 0.240 e. The van der Waals surface area contributed by atoms with Crippen molar-refractivity contribution in [2.45, 2.75) is 30.2 Å². The fraction of sp³-hybridized carbons (Fsp3) is 0.462. The highest BCUT2D eigenvalue weighted by Gasteiger charge is 2.30. The van der Waals surface area contributed by atoms with Gasteiger partial charge in [-0.2, -0.15) is 5.26 Å². The summed E-state index contributed by atoms with van der Waals surface area (Å²) >= 11 is 0. The van der Waals surface area contributed by atoms with Crippen LogP contribution in [0.1, 0.15) is 24.8 Å². The van der Waals surface area contributed by atoms with Gasteiger partial charge in [-0.1, -0.05) is 6.42 Å². The number of hydrogen-bond acceptors (Lipinski definition) is 4. The molecule has 0 aromatic heterocycles. The predicted molar refractivity (Wildman–Crippen MR) is 71.7 cm³/mol. The van der Waals surface area contributed by atoms with Crippen molar-refractivity contribution in [1.29, 1.82) is 5.26 Å². The average molecular weight is 279 g/mol. The van der Waals surface area contributed by atoms with Crippen molar-refractivity contribution >= 4 is 10.0 Å². The highest BCUT2D eigenvalue weighted by molar-refractivity contribution is 7.89. The van der Waals surface area contributed by atoms with E-state index in [-0.39, 0.29) is 16.9 Å². The van der Waals surface area contributed by atoms with Gasteiger partial charge in [-0.05, 0) is 49.6 Å². The Bertz CT molecular complexity index is 575. The summed E-state index contributed by atoms with van der Waals surface area (Å²) < 4.78 is 27.1. The second-order valence-electron chi connectivity index (χ2n) is 4.79. The first-order valence-electron chi connectivity index (χ1n) is 6.29. The molecule has 0 amide bonds. The summed E-state index contributed by atoms with van der Waals surface area (Å²) in [7, 11) is -3.53. The van der Waals surface area contributed by atoms with E-state index in [9.17, 15) is 8.42 Å². The van der Waals surface area contributed by atoms with Gasteiger partial charge >= 0.3 is 0 Å². The fourth-order valence-electron chi connectivity index (χ4n) is 2.45. The third kappa shape index (κ3) is 3.13. The van der Waals surface area contributed by atoms with Gasteiger partial charge in [0.15, 0.2) is 0 Å². The predicted octanol–water partition coefficient (Wildman–Crippen LogP) is 0.964. The lowest BCUT2D eigenvalue weighted by atomic mass is 10.1. The molecule has 0 heterocycles. The Hall–Kier alpha value is -1.42. The number of sulfonamides is 1. The minimum atomic E-state index is -3.53. The highest BCUT2D eigenvalue weighted by Crippen LogP contribution is 2.26. The number of nitrogens with two attached hydrogens (primary N) is 1. The molecule has 1 aliphatic carbocycles. The van der Waals surface area contributed by atoms with Gasteiger partial charge in [-0.25, -0.2) is 13.1 Å². The number of benzene rings is 1. The van der Waals surface area contributed by atoms with Crippen LogP contribution in [-0.2, 0) is 10.0 Å². The maximum Gasteiger partial charge on any atom is 0.240 e. The molecule has 0 radical (unpaired) electrons. The lowest BCUT2D eigenvalue weighted by Gasteiger charge is -2.19. The topological polar surface area (TPSA) is 96.0 Å². The van der Waals surface area contributed by atoms with Crippen LogP contribution in [0.15, 0.2) is 29.2 Å². The van der Waals surface area contributed by atoms with Crippen molar-refractivity contribution in [3.63, 3.8) is 0 Å². The standard InChI is InChI=1S/C13H17N3O2S/c14-8-10-4-6-12(7-5-10)19(17,18)16-13-3-1-2-11(13)9-15/h4-7,11,13,16H,1-3,9,15H2. The van der Waals surface area contributed by atoms with Crippen molar-refractivity contribution in [3.8, 4) is 6.07 Å². The molecule has 5 nitrogen and oxygen atoms in total. The molecular weight excluding hydrogens is 262 g/mol. The molecule has 2 rings (SSSR count). The van der Waals surface area contributed by atoms with Gasteiger partial charge in [-0.3, -0.25) is 0 Å². The van der Waals surface area contributed by atoms with E-state index < -0.39 is 10.0 Å². The summed E-state index contributed by atoms with van der Waals surface area (Å²) in [5.74, 6) is 0.216. The Morgan fingerprint density at radius 2 is 2.00 bits per heavy atom. The lowest BCUT2D eigenvalue weighted by Crippen LogP contribution is -2.39. The zero-order chi connectivity index (χ0) is 13.9. The Morgan fingerprint density at radius 1 is 1.32 bits per heavy atom. The molecule has 1 fully saturated rings. The molecule has 2 unspecified atom stereocenters. The van der Waals surface area contributed by atoms with Crippen molar-refractivity contribution < 1.29 is 8.42 Å². The van der Waals surface area contributed by atoms with Crippen LogP contribution < -0.4 is 10.5 Å². The zero-order valence-electron chi connectivity index (χ0n) is 10.5. The molecule has 1 aromatic rings. The summed E-state index contributed by atoms with van der Waals surface area (Å²) in [5.41, 5.74) is 6.09. The van der Waals surface area contributed by atoms with Crippen LogP contribution >= 0.6 is 0 Å². The largest absolute Gasteiger partial charge is 0.330 e. The van der Waals surface area contributed by atoms with Crippen LogP contribution in [0, 0.1) is 17.2 Å². The third-order valence-electron chi connectivity index (χ3n) is 3.56. The minimum absolute atomic E-state index is 0.0781. The first kappa shape index (κ1) is 14.0. The molecule has 0 aliphatic heterocycles. The number of nitrogens with one attached hydrogen (secondary N) is 1. The van der Waals surface area contributed by atoms with Gasteiger partial charge in [0.25, 0.3) is 0 Å². The molecule has 2 atom stereocenters. The first-order chi connectivity index (χ1) is 9.06. The normalized spacial score (nSPS) is 23.2. The van der Waals surface area contributed by atoms with E-state index in [1.165, 1.54) is 24.3 Å². The van der Waals surface area contributed by atoms with Crippen LogP contribution in [0.2, 0.25) is 0 Å². The number of nitrogens with zero attached hydrogens (tertiary/aromatic N) is 1. The van der Waals surface area contributed by atoms with Gasteiger partial charge in [0.1, 0.15) is 0 Å². The van der Waals surface area contributed by atoms with E-state index in [0.717, 1.165) is 19.3 Å². The van der Waals surface area contributed by atoms with E-state index in [1.54, 1.807) is 0 Å². The molecule has 102 valence electrons. The summed E-state index contributed by atoms with van der Waals surface area (Å²) in [5, 5.41) is 8.70. The number of hydrogen-bond donors (Lipinski definition) is 2. The third-order valence-corrected chi connectivity index (χ3v) is 5.07. The molecule has 0 spiro atoms. The summed E-state index contributed by atoms with van der Waals surface area (Å²) in [6, 6.07) is 7.80. The van der Waals surface area contributed by atoms with E-state index in [2.05, 4.69) is 4.72 Å². The van der Waals surface area contributed by atoms with E-state index in [0.29, 0.717) is 12.1 Å². The Morgan fingerprint density at radius 3 is 2.58 bits per heavy atom. The number of nitriles is 1. The maximum atomic E-state index is 12.2. The Kier molecular flexibility index (Phi) is 4.20. The Labute approximate surface area is 113 Å². The quantitative estimate of drug-likeness (QED) is 0.858. The van der Waals surface area contributed by atoms with Gasteiger partial charge in [0.2, 0.25) is 10.0 Å². The van der Waals surface area contributed by atoms with Gasteiger partial charge < -0.3 is 5.73 Å². The zero-order valence-corrected chi connectivity index (χ0v) is 11.4. The van der Waals surface area contributed by atoms with Crippen molar-refractivity contribution in [1.82, 2.24) is 4.72 Å². The molecule has 1 aliphatic rings. The van der Waals surface area contributed by atoms with Crippen LogP contribution in [0.4, 0.5) is 0 Å². The molecule has 3 N–H and O–H groups in total. The van der Waals surface area contributed by atoms with Gasteiger partial charge in [-0.15, -0.1) is 0 Å². The lowest BCUT2D eigenvalue weighted by molar-refractivity contribution is 0.453. The van der Waals surface area contributed by atoms with E-state index in [4.69, 9.17) is 11.0 Å². The number of rotatable bonds is 4. The van der Waals surface area contributed by atoms with Crippen molar-refractivity contribution in [3.05, 3.63) is 29.8 Å². The van der Waals surface area contributed by atoms with Crippen LogP contribution in [0.25, 0.3) is 0 Å². The second kappa shape index (κ2) is 5.70. The summed E-state index contributed by atoms with van der Waals surface area (Å²) in [4.78, 5) is 0.189. The summed E-state index contributed by atoms with van der Waals surface area (Å²) in [6.45, 7) is 0.501. The highest BCUT2D eigenvalue weighted by atomic mass is 32.2. The Balaban J connectivity index is 2.15. The fourth-order valence-corrected chi connectivity index (χ4v) is 3.79.